The van der Waals surface area contributed by atoms with Crippen LogP contribution in [0.5, 0.6) is 0 Å². The van der Waals surface area contributed by atoms with Gasteiger partial charge in [0.1, 0.15) is 0 Å². The van der Waals surface area contributed by atoms with E-state index < -0.39 is 0 Å². The summed E-state index contributed by atoms with van der Waals surface area (Å²) in [7, 11) is 0. The van der Waals surface area contributed by atoms with Gasteiger partial charge in [0.2, 0.25) is 0 Å². The molecule has 1 aromatic heterocycles. The maximum Gasteiger partial charge on any atom is 0.262 e. The molecule has 1 fully saturated rings. The number of fused-ring (bicyclic) bond motifs is 1. The highest BCUT2D eigenvalue weighted by Gasteiger charge is 2.20. The normalized spacial score (nSPS) is 15.4. The number of rotatable bonds is 7. The first kappa shape index (κ1) is 17.8. The zero-order valence-electron chi connectivity index (χ0n) is 14.0. The Balaban J connectivity index is 1.95. The zero-order chi connectivity index (χ0) is 16.9. The van der Waals surface area contributed by atoms with Crippen LogP contribution in [0, 0.1) is 0 Å². The lowest BCUT2D eigenvalue weighted by Crippen LogP contribution is -2.24. The minimum absolute atomic E-state index is 0.0219. The van der Waals surface area contributed by atoms with E-state index in [1.54, 1.807) is 30.0 Å². The lowest BCUT2D eigenvalue weighted by molar-refractivity contribution is 0.140. The van der Waals surface area contributed by atoms with E-state index >= 15 is 0 Å². The van der Waals surface area contributed by atoms with Crippen molar-refractivity contribution in [2.24, 2.45) is 0 Å². The van der Waals surface area contributed by atoms with Crippen molar-refractivity contribution in [3.05, 3.63) is 33.6 Å². The first-order valence-electron chi connectivity index (χ1n) is 8.63. The van der Waals surface area contributed by atoms with Gasteiger partial charge in [-0.15, -0.1) is 0 Å². The average molecular weight is 367 g/mol. The largest absolute Gasteiger partial charge is 0.382 e. The first-order valence-corrected chi connectivity index (χ1v) is 9.89. The van der Waals surface area contributed by atoms with Crippen LogP contribution >= 0.6 is 23.4 Å². The second kappa shape index (κ2) is 8.37. The Bertz CT molecular complexity index is 757. The lowest BCUT2D eigenvalue weighted by atomic mass is 10.2. The van der Waals surface area contributed by atoms with Gasteiger partial charge in [0.15, 0.2) is 5.16 Å². The number of aromatic nitrogens is 2. The molecule has 6 heteroatoms. The molecule has 1 aromatic carbocycles. The van der Waals surface area contributed by atoms with E-state index in [2.05, 4.69) is 0 Å². The molecule has 0 bridgehead atoms. The maximum absolute atomic E-state index is 12.9. The summed E-state index contributed by atoms with van der Waals surface area (Å²) in [6.07, 6.45) is 5.75. The Morgan fingerprint density at radius 3 is 2.92 bits per heavy atom. The van der Waals surface area contributed by atoms with Crippen molar-refractivity contribution in [3.8, 4) is 0 Å². The number of hydrogen-bond donors (Lipinski definition) is 0. The molecule has 0 N–H and O–H groups in total. The predicted molar refractivity (Wildman–Crippen MR) is 100 cm³/mol. The summed E-state index contributed by atoms with van der Waals surface area (Å²) in [6.45, 7) is 3.98. The Hall–Kier alpha value is -1.04. The number of benzene rings is 1. The molecular weight excluding hydrogens is 344 g/mol. The van der Waals surface area contributed by atoms with Crippen molar-refractivity contribution >= 4 is 34.3 Å². The van der Waals surface area contributed by atoms with Crippen molar-refractivity contribution in [1.29, 1.82) is 0 Å². The Morgan fingerprint density at radius 2 is 2.17 bits per heavy atom. The van der Waals surface area contributed by atoms with Gasteiger partial charge in [-0.05, 0) is 44.4 Å². The quantitative estimate of drug-likeness (QED) is 0.534. The molecule has 1 aliphatic carbocycles. The highest BCUT2D eigenvalue weighted by atomic mass is 35.5. The van der Waals surface area contributed by atoms with Gasteiger partial charge >= 0.3 is 0 Å². The van der Waals surface area contributed by atoms with Crippen molar-refractivity contribution in [2.45, 2.75) is 56.0 Å². The van der Waals surface area contributed by atoms with E-state index in [1.807, 2.05) is 11.5 Å². The van der Waals surface area contributed by atoms with E-state index in [0.29, 0.717) is 40.9 Å². The van der Waals surface area contributed by atoms with E-state index in [1.165, 1.54) is 25.7 Å². The van der Waals surface area contributed by atoms with Gasteiger partial charge in [-0.2, -0.15) is 0 Å². The fourth-order valence-electron chi connectivity index (χ4n) is 3.09. The molecule has 0 spiro atoms. The summed E-state index contributed by atoms with van der Waals surface area (Å²) in [6, 6.07) is 5.30. The topological polar surface area (TPSA) is 44.1 Å². The zero-order valence-corrected chi connectivity index (χ0v) is 15.5. The summed E-state index contributed by atoms with van der Waals surface area (Å²) < 4.78 is 7.23. The molecule has 1 aliphatic rings. The van der Waals surface area contributed by atoms with Gasteiger partial charge in [0, 0.05) is 30.0 Å². The summed E-state index contributed by atoms with van der Waals surface area (Å²) in [5.41, 5.74) is 0.711. The molecule has 130 valence electrons. The lowest BCUT2D eigenvalue weighted by Gasteiger charge is -2.15. The first-order chi connectivity index (χ1) is 11.7. The molecule has 0 unspecified atom stereocenters. The van der Waals surface area contributed by atoms with Gasteiger partial charge in [-0.25, -0.2) is 4.98 Å². The summed E-state index contributed by atoms with van der Waals surface area (Å²) in [5, 5.41) is 2.62. The number of ether oxygens (including phenoxy) is 1. The highest BCUT2D eigenvalue weighted by molar-refractivity contribution is 7.99. The van der Waals surface area contributed by atoms with Gasteiger partial charge in [-0.1, -0.05) is 36.2 Å². The SMILES string of the molecule is CCOCCCn1c(SC2CCCC2)nc2cc(Cl)ccc2c1=O. The van der Waals surface area contributed by atoms with Crippen LogP contribution in [0.2, 0.25) is 5.02 Å². The van der Waals surface area contributed by atoms with Crippen LogP contribution < -0.4 is 5.56 Å². The molecule has 4 nitrogen and oxygen atoms in total. The number of hydrogen-bond acceptors (Lipinski definition) is 4. The average Bonchev–Trinajstić information content (AvgIpc) is 3.06. The van der Waals surface area contributed by atoms with Crippen LogP contribution in [0.3, 0.4) is 0 Å². The predicted octanol–water partition coefficient (Wildman–Crippen LogP) is 4.51. The summed E-state index contributed by atoms with van der Waals surface area (Å²) in [5.74, 6) is 0. The molecule has 24 heavy (non-hydrogen) atoms. The number of halogens is 1. The highest BCUT2D eigenvalue weighted by Crippen LogP contribution is 2.34. The summed E-state index contributed by atoms with van der Waals surface area (Å²) >= 11 is 7.82. The van der Waals surface area contributed by atoms with Crippen LogP contribution in [-0.4, -0.2) is 28.0 Å². The van der Waals surface area contributed by atoms with Gasteiger partial charge in [0.25, 0.3) is 5.56 Å². The van der Waals surface area contributed by atoms with Crippen molar-refractivity contribution in [1.82, 2.24) is 9.55 Å². The van der Waals surface area contributed by atoms with E-state index in [4.69, 9.17) is 21.3 Å². The molecule has 0 amide bonds. The van der Waals surface area contributed by atoms with Crippen molar-refractivity contribution < 1.29 is 4.74 Å². The Morgan fingerprint density at radius 1 is 1.38 bits per heavy atom. The van der Waals surface area contributed by atoms with E-state index in [-0.39, 0.29) is 5.56 Å². The maximum atomic E-state index is 12.9. The molecular formula is C18H23ClN2O2S. The van der Waals surface area contributed by atoms with Crippen molar-refractivity contribution in [3.63, 3.8) is 0 Å². The van der Waals surface area contributed by atoms with Crippen LogP contribution in [0.15, 0.2) is 28.2 Å². The van der Waals surface area contributed by atoms with E-state index in [9.17, 15) is 4.79 Å². The van der Waals surface area contributed by atoms with Gasteiger partial charge in [-0.3, -0.25) is 9.36 Å². The van der Waals surface area contributed by atoms with Crippen LogP contribution in [-0.2, 0) is 11.3 Å². The van der Waals surface area contributed by atoms with E-state index in [0.717, 1.165) is 11.6 Å². The number of nitrogens with zero attached hydrogens (tertiary/aromatic N) is 2. The third-order valence-electron chi connectivity index (χ3n) is 4.33. The minimum atomic E-state index is 0.0219. The molecule has 0 atom stereocenters. The monoisotopic (exact) mass is 366 g/mol. The molecule has 0 saturated heterocycles. The third-order valence-corrected chi connectivity index (χ3v) is 5.89. The number of thioether (sulfide) groups is 1. The molecule has 3 rings (SSSR count). The van der Waals surface area contributed by atoms with Crippen molar-refractivity contribution in [2.75, 3.05) is 13.2 Å². The van der Waals surface area contributed by atoms with Crippen LogP contribution in [0.4, 0.5) is 0 Å². The van der Waals surface area contributed by atoms with Gasteiger partial charge < -0.3 is 4.74 Å². The Kier molecular flexibility index (Phi) is 6.19. The fourth-order valence-corrected chi connectivity index (χ4v) is 4.57. The molecule has 1 saturated carbocycles. The fraction of sp³-hybridized carbons (Fsp3) is 0.556. The molecule has 2 aromatic rings. The van der Waals surface area contributed by atoms with Gasteiger partial charge in [0.05, 0.1) is 10.9 Å². The second-order valence-electron chi connectivity index (χ2n) is 6.09. The standard InChI is InChI=1S/C18H23ClN2O2S/c1-2-23-11-5-10-21-17(22)15-9-8-13(19)12-16(15)20-18(21)24-14-6-3-4-7-14/h8-9,12,14H,2-7,10-11H2,1H3. The molecule has 0 aliphatic heterocycles. The smallest absolute Gasteiger partial charge is 0.262 e. The molecule has 0 radical (unpaired) electrons. The summed E-state index contributed by atoms with van der Waals surface area (Å²) in [4.78, 5) is 17.7. The third kappa shape index (κ3) is 4.13. The Labute approximate surface area is 151 Å². The minimum Gasteiger partial charge on any atom is -0.382 e. The van der Waals surface area contributed by atoms with Crippen LogP contribution in [0.25, 0.3) is 10.9 Å². The second-order valence-corrected chi connectivity index (χ2v) is 7.79. The van der Waals surface area contributed by atoms with Crippen LogP contribution in [0.1, 0.15) is 39.0 Å². The molecule has 1 heterocycles.